The second-order valence-electron chi connectivity index (χ2n) is 7.59. The first-order valence-electron chi connectivity index (χ1n) is 9.18. The van der Waals surface area contributed by atoms with Crippen LogP contribution in [-0.2, 0) is 14.6 Å². The van der Waals surface area contributed by atoms with Crippen LogP contribution < -0.4 is 10.9 Å². The van der Waals surface area contributed by atoms with Crippen molar-refractivity contribution in [1.82, 2.24) is 20.7 Å². The number of nitrogens with zero attached hydrogens (tertiary/aromatic N) is 2. The maximum absolute atomic E-state index is 12.1. The zero-order valence-corrected chi connectivity index (χ0v) is 16.4. The van der Waals surface area contributed by atoms with Gasteiger partial charge >= 0.3 is 0 Å². The molecule has 2 aliphatic heterocycles. The summed E-state index contributed by atoms with van der Waals surface area (Å²) in [6.45, 7) is 5.03. The fourth-order valence-electron chi connectivity index (χ4n) is 4.46. The van der Waals surface area contributed by atoms with E-state index in [1.54, 1.807) is 0 Å². The number of hydrogen-bond donors (Lipinski definition) is 2. The summed E-state index contributed by atoms with van der Waals surface area (Å²) in [6, 6.07) is 0.0102. The summed E-state index contributed by atoms with van der Waals surface area (Å²) in [5.74, 6) is 0.0803. The van der Waals surface area contributed by atoms with E-state index in [1.807, 2.05) is 0 Å². The molecular weight excluding hydrogens is 364 g/mol. The average molecular weight is 393 g/mol. The van der Waals surface area contributed by atoms with E-state index < -0.39 is 15.2 Å². The van der Waals surface area contributed by atoms with E-state index in [1.165, 1.54) is 6.26 Å². The van der Waals surface area contributed by atoms with Crippen molar-refractivity contribution in [3.8, 4) is 0 Å². The molecule has 4 atom stereocenters. The van der Waals surface area contributed by atoms with Gasteiger partial charge in [0.05, 0.1) is 5.25 Å². The van der Waals surface area contributed by atoms with Crippen LogP contribution in [0.4, 0.5) is 0 Å². The Morgan fingerprint density at radius 1 is 1.16 bits per heavy atom. The molecule has 25 heavy (non-hydrogen) atoms. The standard InChI is InChI=1S/C16H29ClN4O3S/c1-25(23,24)14-5-3-2-4-12(14)11-20-6-8-21(9-7-20)13-10-18-19-16(22)15(13)17/h12-15,18H,2-11H2,1H3,(H,19,22). The second-order valence-corrected chi connectivity index (χ2v) is 10.3. The summed E-state index contributed by atoms with van der Waals surface area (Å²) in [5.41, 5.74) is 5.47. The minimum atomic E-state index is -2.97. The van der Waals surface area contributed by atoms with Gasteiger partial charge in [0.2, 0.25) is 0 Å². The van der Waals surface area contributed by atoms with Gasteiger partial charge in [0.1, 0.15) is 5.38 Å². The first-order chi connectivity index (χ1) is 11.9. The van der Waals surface area contributed by atoms with Crippen LogP contribution in [0, 0.1) is 5.92 Å². The Morgan fingerprint density at radius 2 is 1.84 bits per heavy atom. The molecule has 1 saturated carbocycles. The molecular formula is C16H29ClN4O3S. The third-order valence-corrected chi connectivity index (χ3v) is 8.08. The molecule has 2 saturated heterocycles. The molecule has 3 aliphatic rings. The normalized spacial score (nSPS) is 36.2. The van der Waals surface area contributed by atoms with E-state index in [0.29, 0.717) is 6.54 Å². The Balaban J connectivity index is 1.53. The summed E-state index contributed by atoms with van der Waals surface area (Å²) in [6.07, 6.45) is 5.35. The van der Waals surface area contributed by atoms with Crippen molar-refractivity contribution >= 4 is 27.3 Å². The monoisotopic (exact) mass is 392 g/mol. The second kappa shape index (κ2) is 8.08. The largest absolute Gasteiger partial charge is 0.300 e. The highest BCUT2D eigenvalue weighted by Gasteiger charge is 2.37. The first-order valence-corrected chi connectivity index (χ1v) is 11.6. The van der Waals surface area contributed by atoms with Gasteiger partial charge in [-0.05, 0) is 18.8 Å². The van der Waals surface area contributed by atoms with Crippen molar-refractivity contribution in [3.63, 3.8) is 0 Å². The fraction of sp³-hybridized carbons (Fsp3) is 0.938. The Kier molecular flexibility index (Phi) is 6.26. The van der Waals surface area contributed by atoms with Gasteiger partial charge in [0, 0.05) is 51.6 Å². The van der Waals surface area contributed by atoms with Crippen molar-refractivity contribution in [1.29, 1.82) is 0 Å². The van der Waals surface area contributed by atoms with E-state index in [2.05, 4.69) is 20.7 Å². The molecule has 1 amide bonds. The summed E-state index contributed by atoms with van der Waals surface area (Å²) in [4.78, 5) is 16.4. The lowest BCUT2D eigenvalue weighted by molar-refractivity contribution is -0.125. The van der Waals surface area contributed by atoms with E-state index in [9.17, 15) is 13.2 Å². The lowest BCUT2D eigenvalue weighted by atomic mass is 9.88. The quantitative estimate of drug-likeness (QED) is 0.646. The SMILES string of the molecule is CS(=O)(=O)C1CCCCC1CN1CCN(C2CNNC(=O)C2Cl)CC1. The molecule has 3 fully saturated rings. The van der Waals surface area contributed by atoms with E-state index >= 15 is 0 Å². The van der Waals surface area contributed by atoms with Crippen molar-refractivity contribution in [2.45, 2.75) is 42.4 Å². The number of alkyl halides is 1. The number of nitrogens with one attached hydrogen (secondary N) is 2. The molecule has 0 aromatic carbocycles. The van der Waals surface area contributed by atoms with Crippen molar-refractivity contribution in [3.05, 3.63) is 0 Å². The van der Waals surface area contributed by atoms with Gasteiger partial charge in [0.25, 0.3) is 5.91 Å². The van der Waals surface area contributed by atoms with Gasteiger partial charge in [0.15, 0.2) is 9.84 Å². The van der Waals surface area contributed by atoms with E-state index in [-0.39, 0.29) is 23.1 Å². The Morgan fingerprint density at radius 3 is 2.52 bits per heavy atom. The number of amides is 1. The molecule has 4 unspecified atom stereocenters. The Hall–Kier alpha value is -0.410. The highest BCUT2D eigenvalue weighted by atomic mass is 35.5. The molecule has 0 radical (unpaired) electrons. The minimum Gasteiger partial charge on any atom is -0.300 e. The van der Waals surface area contributed by atoms with Crippen LogP contribution >= 0.6 is 11.6 Å². The van der Waals surface area contributed by atoms with Gasteiger partial charge in [-0.2, -0.15) is 0 Å². The number of carbonyl (C=O) groups is 1. The van der Waals surface area contributed by atoms with E-state index in [4.69, 9.17) is 11.6 Å². The molecule has 9 heteroatoms. The van der Waals surface area contributed by atoms with Crippen LogP contribution in [-0.4, -0.2) is 86.3 Å². The smallest absolute Gasteiger partial charge is 0.253 e. The number of carbonyl (C=O) groups excluding carboxylic acids is 1. The highest BCUT2D eigenvalue weighted by Crippen LogP contribution is 2.30. The Bertz CT molecular complexity index is 580. The summed E-state index contributed by atoms with van der Waals surface area (Å²) in [7, 11) is -2.97. The Labute approximate surface area is 155 Å². The minimum absolute atomic E-state index is 0.0102. The van der Waals surface area contributed by atoms with Crippen LogP contribution in [0.25, 0.3) is 0 Å². The van der Waals surface area contributed by atoms with Gasteiger partial charge in [-0.15, -0.1) is 11.6 Å². The maximum Gasteiger partial charge on any atom is 0.253 e. The topological polar surface area (TPSA) is 81.8 Å². The van der Waals surface area contributed by atoms with Crippen LogP contribution in [0.2, 0.25) is 0 Å². The number of halogens is 1. The van der Waals surface area contributed by atoms with E-state index in [0.717, 1.165) is 58.4 Å². The third-order valence-electron chi connectivity index (χ3n) is 5.87. The van der Waals surface area contributed by atoms with Crippen molar-refractivity contribution in [2.24, 2.45) is 5.92 Å². The molecule has 3 rings (SSSR count). The van der Waals surface area contributed by atoms with Crippen LogP contribution in [0.3, 0.4) is 0 Å². The predicted octanol–water partition coefficient (Wildman–Crippen LogP) is -0.182. The molecule has 2 N–H and O–H groups in total. The van der Waals surface area contributed by atoms with Crippen LogP contribution in [0.15, 0.2) is 0 Å². The van der Waals surface area contributed by atoms with Gasteiger partial charge in [-0.3, -0.25) is 15.1 Å². The molecule has 0 bridgehead atoms. The van der Waals surface area contributed by atoms with Crippen LogP contribution in [0.1, 0.15) is 25.7 Å². The molecule has 0 aromatic rings. The number of sulfone groups is 1. The lowest BCUT2D eigenvalue weighted by Crippen LogP contribution is -2.64. The van der Waals surface area contributed by atoms with Gasteiger partial charge in [-0.25, -0.2) is 13.8 Å². The van der Waals surface area contributed by atoms with Gasteiger partial charge < -0.3 is 4.90 Å². The number of piperazine rings is 1. The number of hydrogen-bond acceptors (Lipinski definition) is 6. The maximum atomic E-state index is 12.1. The average Bonchev–Trinajstić information content (AvgIpc) is 2.58. The zero-order chi connectivity index (χ0) is 18.0. The first kappa shape index (κ1) is 19.4. The summed E-state index contributed by atoms with van der Waals surface area (Å²) < 4.78 is 24.2. The van der Waals surface area contributed by atoms with Crippen molar-refractivity contribution < 1.29 is 13.2 Å². The lowest BCUT2D eigenvalue weighted by Gasteiger charge is -2.43. The fourth-order valence-corrected chi connectivity index (χ4v) is 6.28. The highest BCUT2D eigenvalue weighted by molar-refractivity contribution is 7.91. The molecule has 0 spiro atoms. The zero-order valence-electron chi connectivity index (χ0n) is 14.8. The molecule has 1 aliphatic carbocycles. The number of hydrazine groups is 1. The van der Waals surface area contributed by atoms with Crippen molar-refractivity contribution in [2.75, 3.05) is 45.5 Å². The summed E-state index contributed by atoms with van der Waals surface area (Å²) in [5, 5.41) is -0.710. The molecule has 7 nitrogen and oxygen atoms in total. The number of rotatable bonds is 4. The van der Waals surface area contributed by atoms with Gasteiger partial charge in [-0.1, -0.05) is 12.8 Å². The summed E-state index contributed by atoms with van der Waals surface area (Å²) >= 11 is 6.25. The third kappa shape index (κ3) is 4.66. The molecule has 144 valence electrons. The molecule has 0 aromatic heterocycles. The predicted molar refractivity (Wildman–Crippen MR) is 98.2 cm³/mol. The van der Waals surface area contributed by atoms with Crippen LogP contribution in [0.5, 0.6) is 0 Å². The molecule has 2 heterocycles.